The van der Waals surface area contributed by atoms with Gasteiger partial charge in [0.15, 0.2) is 0 Å². The molecule has 1 saturated carbocycles. The summed E-state index contributed by atoms with van der Waals surface area (Å²) in [5, 5.41) is 21.6. The van der Waals surface area contributed by atoms with Crippen molar-refractivity contribution >= 4 is 20.6 Å². The smallest absolute Gasteiger partial charge is 0.380 e. The predicted molar refractivity (Wildman–Crippen MR) is 110 cm³/mol. The summed E-state index contributed by atoms with van der Waals surface area (Å²) in [6.07, 6.45) is 4.66. The molecule has 0 saturated heterocycles. The number of hydrogen-bond donors (Lipinski definition) is 3. The molecule has 2 aromatic carbocycles. The summed E-state index contributed by atoms with van der Waals surface area (Å²) in [5.74, 6) is -0.0189. The highest BCUT2D eigenvalue weighted by molar-refractivity contribution is 7.85. The quantitative estimate of drug-likeness (QED) is 0.571. The van der Waals surface area contributed by atoms with Gasteiger partial charge in [0.1, 0.15) is 17.1 Å². The molecule has 0 atom stereocenters. The second-order valence-corrected chi connectivity index (χ2v) is 9.61. The summed E-state index contributed by atoms with van der Waals surface area (Å²) >= 11 is 0. The van der Waals surface area contributed by atoms with Gasteiger partial charge >= 0.3 is 20.6 Å². The van der Waals surface area contributed by atoms with Gasteiger partial charge in [0.2, 0.25) is 0 Å². The first-order valence-electron chi connectivity index (χ1n) is 9.35. The normalized spacial score (nSPS) is 16.2. The van der Waals surface area contributed by atoms with Gasteiger partial charge in [-0.2, -0.15) is 27.1 Å². The van der Waals surface area contributed by atoms with Crippen molar-refractivity contribution < 1.29 is 30.3 Å². The molecule has 164 valence electrons. The van der Waals surface area contributed by atoms with Gasteiger partial charge in [-0.15, -0.1) is 0 Å². The van der Waals surface area contributed by atoms with E-state index in [1.165, 1.54) is 24.3 Å². The molecule has 0 radical (unpaired) electrons. The van der Waals surface area contributed by atoms with Crippen LogP contribution in [0.15, 0.2) is 48.5 Å². The molecule has 1 fully saturated rings. The van der Waals surface area contributed by atoms with Crippen molar-refractivity contribution in [2.24, 2.45) is 16.2 Å². The third-order valence-electron chi connectivity index (χ3n) is 5.21. The minimum absolute atomic E-state index is 0.0316. The number of benzene rings is 2. The standard InChI is InChI=1S/C19H24N2O7S2/c20-29(23,24)27-17-10-6-15(7-11-17)19(22,14-4-2-1-3-5-14)16-8-12-18(13-9-16)28-30(21,25)26/h6-14,22H,1-5H2,(H2,20,23,24)(H2,21,25,26). The van der Waals surface area contributed by atoms with Crippen LogP contribution in [0.2, 0.25) is 0 Å². The molecule has 30 heavy (non-hydrogen) atoms. The van der Waals surface area contributed by atoms with Crippen LogP contribution in [0.5, 0.6) is 11.5 Å². The van der Waals surface area contributed by atoms with E-state index in [1.807, 2.05) is 0 Å². The Balaban J connectivity index is 1.99. The Kier molecular flexibility index (Phi) is 6.39. The van der Waals surface area contributed by atoms with E-state index in [1.54, 1.807) is 24.3 Å². The van der Waals surface area contributed by atoms with Gasteiger partial charge in [0.05, 0.1) is 0 Å². The van der Waals surface area contributed by atoms with Crippen molar-refractivity contribution in [3.63, 3.8) is 0 Å². The molecule has 5 N–H and O–H groups in total. The topological polar surface area (TPSA) is 159 Å². The molecule has 0 spiro atoms. The van der Waals surface area contributed by atoms with E-state index >= 15 is 0 Å². The zero-order valence-electron chi connectivity index (χ0n) is 16.1. The molecule has 0 aliphatic heterocycles. The molecule has 0 amide bonds. The van der Waals surface area contributed by atoms with Gasteiger partial charge in [-0.05, 0) is 54.2 Å². The largest absolute Gasteiger partial charge is 0.380 e. The summed E-state index contributed by atoms with van der Waals surface area (Å²) in [4.78, 5) is 0. The highest BCUT2D eigenvalue weighted by Gasteiger charge is 2.40. The first-order chi connectivity index (χ1) is 14.0. The molecular formula is C19H24N2O7S2. The van der Waals surface area contributed by atoms with E-state index in [9.17, 15) is 21.9 Å². The van der Waals surface area contributed by atoms with Crippen LogP contribution < -0.4 is 18.6 Å². The highest BCUT2D eigenvalue weighted by Crippen LogP contribution is 2.44. The van der Waals surface area contributed by atoms with Gasteiger partial charge in [0.25, 0.3) is 0 Å². The lowest BCUT2D eigenvalue weighted by molar-refractivity contribution is -0.000742. The van der Waals surface area contributed by atoms with Crippen LogP contribution in [-0.4, -0.2) is 21.9 Å². The van der Waals surface area contributed by atoms with E-state index in [0.29, 0.717) is 11.1 Å². The summed E-state index contributed by atoms with van der Waals surface area (Å²) < 4.78 is 53.8. The van der Waals surface area contributed by atoms with Crippen molar-refractivity contribution in [1.29, 1.82) is 0 Å². The SMILES string of the molecule is NS(=O)(=O)Oc1ccc(C(O)(c2ccc(OS(N)(=O)=O)cc2)C2CCCCC2)cc1. The zero-order chi connectivity index (χ0) is 22.0. The monoisotopic (exact) mass is 456 g/mol. The Morgan fingerprint density at radius 2 is 1.10 bits per heavy atom. The third-order valence-corrected chi connectivity index (χ3v) is 6.06. The Labute approximate surface area is 176 Å². The van der Waals surface area contributed by atoms with Gasteiger partial charge < -0.3 is 13.5 Å². The Hall–Kier alpha value is -2.18. The Morgan fingerprint density at radius 3 is 1.43 bits per heavy atom. The lowest BCUT2D eigenvalue weighted by Gasteiger charge is -2.39. The van der Waals surface area contributed by atoms with Crippen molar-refractivity contribution in [3.05, 3.63) is 59.7 Å². The van der Waals surface area contributed by atoms with Crippen LogP contribution in [0.3, 0.4) is 0 Å². The van der Waals surface area contributed by atoms with E-state index in [2.05, 4.69) is 8.37 Å². The van der Waals surface area contributed by atoms with Crippen LogP contribution >= 0.6 is 0 Å². The van der Waals surface area contributed by atoms with E-state index in [-0.39, 0.29) is 17.4 Å². The van der Waals surface area contributed by atoms with Gasteiger partial charge in [0, 0.05) is 0 Å². The number of aliphatic hydroxyl groups is 1. The lowest BCUT2D eigenvalue weighted by Crippen LogP contribution is -2.37. The summed E-state index contributed by atoms with van der Waals surface area (Å²) in [5.41, 5.74) is -0.270. The van der Waals surface area contributed by atoms with E-state index in [4.69, 9.17) is 10.3 Å². The summed E-state index contributed by atoms with van der Waals surface area (Å²) in [6.45, 7) is 0. The summed E-state index contributed by atoms with van der Waals surface area (Å²) in [6, 6.07) is 12.0. The molecule has 0 aromatic heterocycles. The molecule has 9 nitrogen and oxygen atoms in total. The Bertz CT molecular complexity index is 999. The van der Waals surface area contributed by atoms with Gasteiger partial charge in [-0.25, -0.2) is 0 Å². The lowest BCUT2D eigenvalue weighted by atomic mass is 9.70. The number of nitrogens with two attached hydrogens (primary N) is 2. The molecule has 1 aliphatic rings. The van der Waals surface area contributed by atoms with Gasteiger partial charge in [-0.1, -0.05) is 43.5 Å². The van der Waals surface area contributed by atoms with Crippen LogP contribution in [0.1, 0.15) is 43.2 Å². The van der Waals surface area contributed by atoms with E-state index in [0.717, 1.165) is 32.1 Å². The summed E-state index contributed by atoms with van der Waals surface area (Å²) in [7, 11) is -8.31. The van der Waals surface area contributed by atoms with E-state index < -0.39 is 26.2 Å². The Morgan fingerprint density at radius 1 is 0.733 bits per heavy atom. The molecule has 0 heterocycles. The molecule has 3 rings (SSSR count). The van der Waals surface area contributed by atoms with Crippen molar-refractivity contribution in [2.45, 2.75) is 37.7 Å². The van der Waals surface area contributed by atoms with Crippen LogP contribution in [0.25, 0.3) is 0 Å². The van der Waals surface area contributed by atoms with Crippen LogP contribution in [0.4, 0.5) is 0 Å². The first-order valence-corrected chi connectivity index (χ1v) is 12.3. The molecule has 11 heteroatoms. The molecule has 2 aromatic rings. The maximum Gasteiger partial charge on any atom is 0.380 e. The molecule has 0 bridgehead atoms. The average molecular weight is 457 g/mol. The maximum absolute atomic E-state index is 11.9. The minimum atomic E-state index is -4.15. The fourth-order valence-corrected chi connectivity index (χ4v) is 4.71. The first kappa shape index (κ1) is 22.5. The molecular weight excluding hydrogens is 432 g/mol. The minimum Gasteiger partial charge on any atom is -0.380 e. The van der Waals surface area contributed by atoms with Crippen molar-refractivity contribution in [3.8, 4) is 11.5 Å². The van der Waals surface area contributed by atoms with Crippen LogP contribution in [-0.2, 0) is 26.2 Å². The highest BCUT2D eigenvalue weighted by atomic mass is 32.2. The van der Waals surface area contributed by atoms with Crippen LogP contribution in [0, 0.1) is 5.92 Å². The average Bonchev–Trinajstić information content (AvgIpc) is 2.67. The third kappa shape index (κ3) is 5.49. The fourth-order valence-electron chi connectivity index (χ4n) is 3.96. The second-order valence-electron chi connectivity index (χ2n) is 7.30. The molecule has 1 aliphatic carbocycles. The van der Waals surface area contributed by atoms with Crippen molar-refractivity contribution in [2.75, 3.05) is 0 Å². The second kappa shape index (κ2) is 8.52. The predicted octanol–water partition coefficient (Wildman–Crippen LogP) is 1.67. The number of hydrogen-bond acceptors (Lipinski definition) is 7. The maximum atomic E-state index is 11.9. The van der Waals surface area contributed by atoms with Crippen molar-refractivity contribution in [1.82, 2.24) is 0 Å². The fraction of sp³-hybridized carbons (Fsp3) is 0.368. The number of rotatable bonds is 7. The molecule has 0 unspecified atom stereocenters. The van der Waals surface area contributed by atoms with Gasteiger partial charge in [-0.3, -0.25) is 0 Å². The zero-order valence-corrected chi connectivity index (χ0v) is 17.7.